The Morgan fingerprint density at radius 2 is 1.89 bits per heavy atom. The van der Waals surface area contributed by atoms with Gasteiger partial charge in [-0.25, -0.2) is 4.79 Å². The number of carbonyl (C=O) groups is 1. The highest BCUT2D eigenvalue weighted by Gasteiger charge is 2.40. The summed E-state index contributed by atoms with van der Waals surface area (Å²) in [4.78, 5) is 16.7. The van der Waals surface area contributed by atoms with Crippen molar-refractivity contribution >= 4 is 6.03 Å². The van der Waals surface area contributed by atoms with Crippen molar-refractivity contribution < 1.29 is 9.53 Å². The molecule has 0 aromatic carbocycles. The van der Waals surface area contributed by atoms with Crippen LogP contribution in [-0.4, -0.2) is 60.8 Å². The number of amides is 2. The number of hydrogen-bond donors (Lipinski definition) is 1. The topological polar surface area (TPSA) is 58.8 Å². The summed E-state index contributed by atoms with van der Waals surface area (Å²) < 4.78 is 5.32. The number of urea groups is 1. The Bertz CT molecular complexity index is 297. The molecule has 1 aliphatic carbocycles. The van der Waals surface area contributed by atoms with Crippen molar-refractivity contribution in [3.8, 4) is 0 Å². The summed E-state index contributed by atoms with van der Waals surface area (Å²) in [6, 6.07) is 0.151. The van der Waals surface area contributed by atoms with Crippen LogP contribution in [0.5, 0.6) is 0 Å². The molecule has 0 unspecified atom stereocenters. The van der Waals surface area contributed by atoms with Gasteiger partial charge in [-0.2, -0.15) is 0 Å². The predicted molar refractivity (Wildman–Crippen MR) is 75.0 cm³/mol. The highest BCUT2D eigenvalue weighted by Crippen LogP contribution is 2.33. The van der Waals surface area contributed by atoms with E-state index in [1.807, 2.05) is 9.80 Å². The summed E-state index contributed by atoms with van der Waals surface area (Å²) >= 11 is 0. The number of likely N-dealkylation sites (N-methyl/N-ethyl adjacent to an activating group) is 1. The SMILES string of the molecule is CCN(C(=O)N1CCOCC1)C1(CN)CCCCC1. The molecule has 5 nitrogen and oxygen atoms in total. The van der Waals surface area contributed by atoms with Crippen LogP contribution in [0.4, 0.5) is 4.79 Å². The number of carbonyl (C=O) groups excluding carboxylic acids is 1. The highest BCUT2D eigenvalue weighted by atomic mass is 16.5. The van der Waals surface area contributed by atoms with Gasteiger partial charge in [0, 0.05) is 26.2 Å². The standard InChI is InChI=1S/C14H27N3O2/c1-2-17(13(18)16-8-10-19-11-9-16)14(12-15)6-4-3-5-7-14/h2-12,15H2,1H3. The van der Waals surface area contributed by atoms with Gasteiger partial charge in [0.2, 0.25) is 0 Å². The fraction of sp³-hybridized carbons (Fsp3) is 0.929. The molecule has 0 aromatic heterocycles. The third kappa shape index (κ3) is 3.03. The van der Waals surface area contributed by atoms with Crippen molar-refractivity contribution in [2.75, 3.05) is 39.4 Å². The lowest BCUT2D eigenvalue weighted by Gasteiger charge is -2.47. The third-order valence-electron chi connectivity index (χ3n) is 4.57. The molecule has 0 bridgehead atoms. The van der Waals surface area contributed by atoms with Crippen LogP contribution in [0.2, 0.25) is 0 Å². The smallest absolute Gasteiger partial charge is 0.320 e. The molecule has 1 aliphatic heterocycles. The monoisotopic (exact) mass is 269 g/mol. The number of nitrogens with zero attached hydrogens (tertiary/aromatic N) is 2. The minimum Gasteiger partial charge on any atom is -0.378 e. The summed E-state index contributed by atoms with van der Waals surface area (Å²) in [6.07, 6.45) is 5.74. The molecule has 2 aliphatic rings. The van der Waals surface area contributed by atoms with Gasteiger partial charge in [-0.3, -0.25) is 0 Å². The first-order chi connectivity index (χ1) is 9.23. The summed E-state index contributed by atoms with van der Waals surface area (Å²) in [5.74, 6) is 0. The van der Waals surface area contributed by atoms with E-state index in [9.17, 15) is 4.79 Å². The number of rotatable bonds is 3. The van der Waals surface area contributed by atoms with Gasteiger partial charge < -0.3 is 20.3 Å². The third-order valence-corrected chi connectivity index (χ3v) is 4.57. The normalized spacial score (nSPS) is 23.2. The van der Waals surface area contributed by atoms with E-state index in [0.717, 1.165) is 19.4 Å². The Kier molecular flexibility index (Phi) is 5.05. The maximum Gasteiger partial charge on any atom is 0.320 e. The van der Waals surface area contributed by atoms with Crippen molar-refractivity contribution in [1.29, 1.82) is 0 Å². The zero-order chi connectivity index (χ0) is 13.7. The molecule has 5 heteroatoms. The highest BCUT2D eigenvalue weighted by molar-refractivity contribution is 5.75. The van der Waals surface area contributed by atoms with Crippen LogP contribution in [-0.2, 0) is 4.74 Å². The average molecular weight is 269 g/mol. The maximum absolute atomic E-state index is 12.7. The molecule has 1 saturated heterocycles. The Morgan fingerprint density at radius 3 is 2.42 bits per heavy atom. The lowest BCUT2D eigenvalue weighted by molar-refractivity contribution is 0.0215. The molecule has 0 spiro atoms. The molecular weight excluding hydrogens is 242 g/mol. The first-order valence-corrected chi connectivity index (χ1v) is 7.58. The van der Waals surface area contributed by atoms with E-state index in [2.05, 4.69) is 6.92 Å². The van der Waals surface area contributed by atoms with Gasteiger partial charge in [0.1, 0.15) is 0 Å². The molecule has 2 amide bonds. The van der Waals surface area contributed by atoms with Crippen molar-refractivity contribution in [3.05, 3.63) is 0 Å². The van der Waals surface area contributed by atoms with E-state index in [0.29, 0.717) is 32.8 Å². The molecule has 1 heterocycles. The van der Waals surface area contributed by atoms with Gasteiger partial charge in [0.15, 0.2) is 0 Å². The van der Waals surface area contributed by atoms with Crippen LogP contribution < -0.4 is 5.73 Å². The molecule has 0 aromatic rings. The minimum absolute atomic E-state index is 0.109. The van der Waals surface area contributed by atoms with Crippen molar-refractivity contribution in [2.45, 2.75) is 44.6 Å². The lowest BCUT2D eigenvalue weighted by atomic mass is 9.80. The van der Waals surface area contributed by atoms with Crippen LogP contribution in [0.3, 0.4) is 0 Å². The molecule has 19 heavy (non-hydrogen) atoms. The van der Waals surface area contributed by atoms with Gasteiger partial charge >= 0.3 is 6.03 Å². The van der Waals surface area contributed by atoms with E-state index in [1.165, 1.54) is 19.3 Å². The Labute approximate surface area is 116 Å². The first-order valence-electron chi connectivity index (χ1n) is 7.58. The number of nitrogens with two attached hydrogens (primary N) is 1. The molecule has 2 rings (SSSR count). The second kappa shape index (κ2) is 6.57. The summed E-state index contributed by atoms with van der Waals surface area (Å²) in [5.41, 5.74) is 5.94. The Morgan fingerprint density at radius 1 is 1.26 bits per heavy atom. The summed E-state index contributed by atoms with van der Waals surface area (Å²) in [7, 11) is 0. The van der Waals surface area contributed by atoms with Crippen LogP contribution in [0, 0.1) is 0 Å². The Balaban J connectivity index is 2.09. The van der Waals surface area contributed by atoms with Crippen LogP contribution in [0.15, 0.2) is 0 Å². The molecule has 1 saturated carbocycles. The quantitative estimate of drug-likeness (QED) is 0.843. The van der Waals surface area contributed by atoms with Gasteiger partial charge in [-0.15, -0.1) is 0 Å². The Hall–Kier alpha value is -0.810. The van der Waals surface area contributed by atoms with Gasteiger partial charge in [0.25, 0.3) is 0 Å². The lowest BCUT2D eigenvalue weighted by Crippen LogP contribution is -2.61. The molecule has 0 radical (unpaired) electrons. The van der Waals surface area contributed by atoms with Crippen LogP contribution >= 0.6 is 0 Å². The summed E-state index contributed by atoms with van der Waals surface area (Å²) in [5, 5.41) is 0. The second-order valence-electron chi connectivity index (χ2n) is 5.62. The van der Waals surface area contributed by atoms with E-state index in [-0.39, 0.29) is 11.6 Å². The fourth-order valence-corrected chi connectivity index (χ4v) is 3.39. The van der Waals surface area contributed by atoms with Gasteiger partial charge in [-0.05, 0) is 19.8 Å². The second-order valence-corrected chi connectivity index (χ2v) is 5.62. The molecule has 2 N–H and O–H groups in total. The average Bonchev–Trinajstić information content (AvgIpc) is 2.49. The molecule has 0 atom stereocenters. The largest absolute Gasteiger partial charge is 0.378 e. The number of hydrogen-bond acceptors (Lipinski definition) is 3. The zero-order valence-corrected chi connectivity index (χ0v) is 12.1. The molecule has 110 valence electrons. The number of ether oxygens (including phenoxy) is 1. The van der Waals surface area contributed by atoms with Crippen LogP contribution in [0.1, 0.15) is 39.0 Å². The maximum atomic E-state index is 12.7. The van der Waals surface area contributed by atoms with Crippen LogP contribution in [0.25, 0.3) is 0 Å². The molecule has 2 fully saturated rings. The first kappa shape index (κ1) is 14.6. The fourth-order valence-electron chi connectivity index (χ4n) is 3.39. The minimum atomic E-state index is -0.109. The zero-order valence-electron chi connectivity index (χ0n) is 12.1. The van der Waals surface area contributed by atoms with E-state index >= 15 is 0 Å². The number of morpholine rings is 1. The van der Waals surface area contributed by atoms with Crippen molar-refractivity contribution in [3.63, 3.8) is 0 Å². The van der Waals surface area contributed by atoms with E-state index < -0.39 is 0 Å². The van der Waals surface area contributed by atoms with E-state index in [1.54, 1.807) is 0 Å². The summed E-state index contributed by atoms with van der Waals surface area (Å²) in [6.45, 7) is 6.10. The van der Waals surface area contributed by atoms with Crippen molar-refractivity contribution in [2.24, 2.45) is 5.73 Å². The van der Waals surface area contributed by atoms with Crippen molar-refractivity contribution in [1.82, 2.24) is 9.80 Å². The molecular formula is C14H27N3O2. The van der Waals surface area contributed by atoms with Gasteiger partial charge in [-0.1, -0.05) is 19.3 Å². The van der Waals surface area contributed by atoms with E-state index in [4.69, 9.17) is 10.5 Å². The van der Waals surface area contributed by atoms with Gasteiger partial charge in [0.05, 0.1) is 18.8 Å². The predicted octanol–water partition coefficient (Wildman–Crippen LogP) is 1.42.